The first-order valence-electron chi connectivity index (χ1n) is 11.4. The van der Waals surface area contributed by atoms with Gasteiger partial charge in [0.05, 0.1) is 0 Å². The van der Waals surface area contributed by atoms with Crippen LogP contribution in [0.25, 0.3) is 0 Å². The van der Waals surface area contributed by atoms with Crippen molar-refractivity contribution in [2.75, 3.05) is 18.4 Å². The van der Waals surface area contributed by atoms with E-state index in [0.717, 1.165) is 37.1 Å². The molecule has 0 saturated carbocycles. The van der Waals surface area contributed by atoms with Crippen molar-refractivity contribution in [3.05, 3.63) is 66.8 Å². The maximum atomic E-state index is 12.9. The third-order valence-corrected chi connectivity index (χ3v) is 7.46. The van der Waals surface area contributed by atoms with E-state index in [1.54, 1.807) is 0 Å². The minimum Gasteiger partial charge on any atom is -0.342 e. The standard InChI is InChI=1S/C23H28N6O3S/c1-14-21(33-27-26-14)22(31)28-9-3-4-15(12-28)13-29-20(30)11-19(25-23(29)32)24-18-8-7-16-5-2-6-17(16)10-18/h7-8,10-11,15,24,26-27H,2-6,9,12-13H2,1H3,(H,25,32). The fourth-order valence-corrected chi connectivity index (χ4v) is 5.58. The second-order valence-electron chi connectivity index (χ2n) is 8.94. The summed E-state index contributed by atoms with van der Waals surface area (Å²) in [5.74, 6) is 0.417. The molecular weight excluding hydrogens is 440 g/mol. The topological polar surface area (TPSA) is 111 Å². The molecule has 1 atom stereocenters. The van der Waals surface area contributed by atoms with Crippen LogP contribution in [0.15, 0.2) is 44.5 Å². The van der Waals surface area contributed by atoms with Crippen molar-refractivity contribution >= 4 is 29.4 Å². The third-order valence-electron chi connectivity index (χ3n) is 6.57. The van der Waals surface area contributed by atoms with Crippen molar-refractivity contribution in [3.63, 3.8) is 0 Å². The van der Waals surface area contributed by atoms with Gasteiger partial charge in [-0.05, 0) is 80.2 Å². The highest BCUT2D eigenvalue weighted by Crippen LogP contribution is 2.27. The fourth-order valence-electron chi connectivity index (χ4n) is 4.86. The van der Waals surface area contributed by atoms with Crippen LogP contribution in [0.5, 0.6) is 0 Å². The minimum absolute atomic E-state index is 0.0187. The number of aromatic nitrogens is 2. The Labute approximate surface area is 195 Å². The lowest BCUT2D eigenvalue weighted by atomic mass is 9.97. The second kappa shape index (κ2) is 9.11. The van der Waals surface area contributed by atoms with E-state index in [4.69, 9.17) is 0 Å². The number of carbonyl (C=O) groups excluding carboxylic acids is 1. The number of benzene rings is 1. The highest BCUT2D eigenvalue weighted by Gasteiger charge is 2.29. The van der Waals surface area contributed by atoms with Crippen LogP contribution < -0.4 is 26.8 Å². The van der Waals surface area contributed by atoms with Crippen LogP contribution in [0.3, 0.4) is 0 Å². The number of fused-ring (bicyclic) bond motifs is 1. The van der Waals surface area contributed by atoms with Crippen molar-refractivity contribution in [3.8, 4) is 0 Å². The van der Waals surface area contributed by atoms with E-state index in [1.165, 1.54) is 40.1 Å². The number of hydrogen-bond acceptors (Lipinski definition) is 7. The summed E-state index contributed by atoms with van der Waals surface area (Å²) in [6.45, 7) is 3.36. The fraction of sp³-hybridized carbons (Fsp3) is 0.435. The summed E-state index contributed by atoms with van der Waals surface area (Å²) in [5, 5.41) is 3.16. The Morgan fingerprint density at radius 1 is 1.18 bits per heavy atom. The van der Waals surface area contributed by atoms with Gasteiger partial charge in [0.15, 0.2) is 0 Å². The predicted octanol–water partition coefficient (Wildman–Crippen LogP) is 2.00. The Morgan fingerprint density at radius 3 is 2.82 bits per heavy atom. The summed E-state index contributed by atoms with van der Waals surface area (Å²) in [5.41, 5.74) is 6.52. The van der Waals surface area contributed by atoms with Gasteiger partial charge in [-0.15, -0.1) is 0 Å². The number of aryl methyl sites for hydroxylation is 2. The van der Waals surface area contributed by atoms with E-state index in [1.807, 2.05) is 17.9 Å². The molecule has 1 saturated heterocycles. The number of aromatic amines is 1. The molecule has 3 aliphatic rings. The van der Waals surface area contributed by atoms with Gasteiger partial charge >= 0.3 is 5.69 Å². The van der Waals surface area contributed by atoms with Gasteiger partial charge < -0.3 is 15.6 Å². The molecule has 5 rings (SSSR count). The SMILES string of the molecule is CC1=C(C(=O)N2CCCC(Cn3c(=O)cc(Nc4ccc5c(c4)CCC5)[nH]c3=O)C2)SNN1. The maximum absolute atomic E-state index is 12.9. The molecule has 2 aliphatic heterocycles. The Hall–Kier alpha value is -2.98. The quantitative estimate of drug-likeness (QED) is 0.497. The monoisotopic (exact) mass is 468 g/mol. The van der Waals surface area contributed by atoms with Gasteiger partial charge in [-0.25, -0.2) is 4.79 Å². The van der Waals surface area contributed by atoms with Crippen LogP contribution in [0.2, 0.25) is 0 Å². The molecule has 33 heavy (non-hydrogen) atoms. The summed E-state index contributed by atoms with van der Waals surface area (Å²) >= 11 is 1.28. The van der Waals surface area contributed by atoms with Gasteiger partial charge in [-0.2, -0.15) is 4.83 Å². The van der Waals surface area contributed by atoms with Gasteiger partial charge in [-0.1, -0.05) is 6.07 Å². The molecule has 174 valence electrons. The number of piperidine rings is 1. The lowest BCUT2D eigenvalue weighted by molar-refractivity contribution is -0.128. The smallest absolute Gasteiger partial charge is 0.329 e. The lowest BCUT2D eigenvalue weighted by Crippen LogP contribution is -2.44. The van der Waals surface area contributed by atoms with Crippen LogP contribution in [0.1, 0.15) is 37.3 Å². The number of rotatable bonds is 5. The number of anilines is 2. The molecular formula is C23H28N6O3S. The van der Waals surface area contributed by atoms with E-state index in [2.05, 4.69) is 32.7 Å². The van der Waals surface area contributed by atoms with Crippen molar-refractivity contribution in [2.45, 2.75) is 45.6 Å². The van der Waals surface area contributed by atoms with Gasteiger partial charge in [0.1, 0.15) is 10.7 Å². The molecule has 1 aliphatic carbocycles. The van der Waals surface area contributed by atoms with Crippen molar-refractivity contribution in [2.24, 2.45) is 5.92 Å². The van der Waals surface area contributed by atoms with Gasteiger partial charge in [0.25, 0.3) is 11.5 Å². The van der Waals surface area contributed by atoms with E-state index in [0.29, 0.717) is 30.4 Å². The molecule has 1 unspecified atom stereocenters. The molecule has 1 fully saturated rings. The summed E-state index contributed by atoms with van der Waals surface area (Å²) in [6, 6.07) is 7.60. The second-order valence-corrected chi connectivity index (χ2v) is 9.76. The highest BCUT2D eigenvalue weighted by atomic mass is 32.2. The summed E-state index contributed by atoms with van der Waals surface area (Å²) in [7, 11) is 0. The normalized spacial score (nSPS) is 20.0. The van der Waals surface area contributed by atoms with Crippen molar-refractivity contribution < 1.29 is 4.79 Å². The molecule has 0 spiro atoms. The molecule has 10 heteroatoms. The summed E-state index contributed by atoms with van der Waals surface area (Å²) in [4.78, 5) is 46.5. The van der Waals surface area contributed by atoms with Gasteiger partial charge in [0, 0.05) is 37.1 Å². The average Bonchev–Trinajstić information content (AvgIpc) is 3.44. The van der Waals surface area contributed by atoms with Gasteiger partial charge in [0.2, 0.25) is 0 Å². The van der Waals surface area contributed by atoms with E-state index in [-0.39, 0.29) is 17.4 Å². The molecule has 1 aromatic heterocycles. The predicted molar refractivity (Wildman–Crippen MR) is 129 cm³/mol. The number of hydrogen-bond donors (Lipinski definition) is 4. The zero-order valence-corrected chi connectivity index (χ0v) is 19.4. The number of H-pyrrole nitrogens is 1. The molecule has 0 bridgehead atoms. The first kappa shape index (κ1) is 21.8. The molecule has 3 heterocycles. The Balaban J connectivity index is 1.28. The van der Waals surface area contributed by atoms with E-state index in [9.17, 15) is 14.4 Å². The molecule has 9 nitrogen and oxygen atoms in total. The van der Waals surface area contributed by atoms with Crippen molar-refractivity contribution in [1.29, 1.82) is 0 Å². The number of amides is 1. The van der Waals surface area contributed by atoms with E-state index >= 15 is 0 Å². The Morgan fingerprint density at radius 2 is 2.03 bits per heavy atom. The molecule has 2 aromatic rings. The zero-order valence-electron chi connectivity index (χ0n) is 18.6. The molecule has 0 radical (unpaired) electrons. The Kier molecular flexibility index (Phi) is 6.03. The largest absolute Gasteiger partial charge is 0.342 e. The Bertz CT molecular complexity index is 1200. The molecule has 1 amide bonds. The number of hydrazine groups is 1. The maximum Gasteiger partial charge on any atom is 0.329 e. The minimum atomic E-state index is -0.437. The van der Waals surface area contributed by atoms with Crippen molar-refractivity contribution in [1.82, 2.24) is 24.7 Å². The van der Waals surface area contributed by atoms with Crippen LogP contribution in [-0.4, -0.2) is 33.4 Å². The summed E-state index contributed by atoms with van der Waals surface area (Å²) < 4.78 is 1.24. The van der Waals surface area contributed by atoms with Crippen LogP contribution >= 0.6 is 11.9 Å². The first-order chi connectivity index (χ1) is 16.0. The average molecular weight is 469 g/mol. The molecule has 1 aromatic carbocycles. The lowest BCUT2D eigenvalue weighted by Gasteiger charge is -2.33. The number of allylic oxidation sites excluding steroid dienone is 1. The number of nitrogens with one attached hydrogen (secondary N) is 4. The summed E-state index contributed by atoms with van der Waals surface area (Å²) in [6.07, 6.45) is 5.05. The van der Waals surface area contributed by atoms with Crippen LogP contribution in [0, 0.1) is 5.92 Å². The number of likely N-dealkylation sites (tertiary alicyclic amines) is 1. The number of nitrogens with zero attached hydrogens (tertiary/aromatic N) is 2. The highest BCUT2D eigenvalue weighted by molar-refractivity contribution is 8.02. The van der Waals surface area contributed by atoms with Gasteiger partial charge in [-0.3, -0.25) is 19.1 Å². The third kappa shape index (κ3) is 4.58. The first-order valence-corrected chi connectivity index (χ1v) is 12.2. The molecule has 4 N–H and O–H groups in total. The van der Waals surface area contributed by atoms with E-state index < -0.39 is 5.69 Å². The number of carbonyl (C=O) groups is 1. The zero-order chi connectivity index (χ0) is 22.9. The van der Waals surface area contributed by atoms with Crippen LogP contribution in [0.4, 0.5) is 11.5 Å². The van der Waals surface area contributed by atoms with Crippen LogP contribution in [-0.2, 0) is 24.2 Å².